The highest BCUT2D eigenvalue weighted by atomic mass is 16.5. The number of rotatable bonds is 9. The molecule has 0 aliphatic carbocycles. The monoisotopic (exact) mass is 320 g/mol. The second kappa shape index (κ2) is 9.87. The van der Waals surface area contributed by atoms with Gasteiger partial charge < -0.3 is 15.0 Å². The summed E-state index contributed by atoms with van der Waals surface area (Å²) in [5.74, 6) is 0.640. The van der Waals surface area contributed by atoms with Crippen molar-refractivity contribution >= 4 is 17.5 Å². The molecule has 0 saturated carbocycles. The van der Waals surface area contributed by atoms with Gasteiger partial charge in [-0.2, -0.15) is 0 Å². The molecule has 1 rings (SSSR count). The lowest BCUT2D eigenvalue weighted by atomic mass is 9.98. The highest BCUT2D eigenvalue weighted by Gasteiger charge is 2.15. The maximum Gasteiger partial charge on any atom is 0.259 e. The molecule has 1 unspecified atom stereocenters. The molecule has 1 N–H and O–H groups in total. The van der Waals surface area contributed by atoms with Crippen molar-refractivity contribution in [1.29, 1.82) is 0 Å². The SMILES string of the molecule is CCCCC(CC)C(=O)Nc1ccc(OCC(=O)N(C)C)cc1. The Morgan fingerprint density at radius 1 is 1.17 bits per heavy atom. The highest BCUT2D eigenvalue weighted by Crippen LogP contribution is 2.19. The number of hydrogen-bond donors (Lipinski definition) is 1. The Labute approximate surface area is 139 Å². The van der Waals surface area contributed by atoms with Crippen molar-refractivity contribution < 1.29 is 14.3 Å². The van der Waals surface area contributed by atoms with Gasteiger partial charge in [0.05, 0.1) is 0 Å². The molecule has 1 aromatic rings. The minimum absolute atomic E-state index is 0.00757. The minimum atomic E-state index is -0.0934. The van der Waals surface area contributed by atoms with E-state index in [0.29, 0.717) is 5.75 Å². The number of carbonyl (C=O) groups is 2. The van der Waals surface area contributed by atoms with E-state index in [1.807, 2.05) is 6.92 Å². The second-order valence-electron chi connectivity index (χ2n) is 5.84. The van der Waals surface area contributed by atoms with Crippen LogP contribution in [0.3, 0.4) is 0 Å². The predicted octanol–water partition coefficient (Wildman–Crippen LogP) is 3.31. The minimum Gasteiger partial charge on any atom is -0.484 e. The van der Waals surface area contributed by atoms with E-state index in [1.165, 1.54) is 4.90 Å². The largest absolute Gasteiger partial charge is 0.484 e. The number of likely N-dealkylation sites (N-methyl/N-ethyl adjacent to an activating group) is 1. The number of hydrogen-bond acceptors (Lipinski definition) is 3. The van der Waals surface area contributed by atoms with E-state index in [0.717, 1.165) is 31.4 Å². The van der Waals surface area contributed by atoms with Crippen LogP contribution in [-0.2, 0) is 9.59 Å². The van der Waals surface area contributed by atoms with Crippen LogP contribution in [0.5, 0.6) is 5.75 Å². The van der Waals surface area contributed by atoms with Crippen molar-refractivity contribution in [2.45, 2.75) is 39.5 Å². The fraction of sp³-hybridized carbons (Fsp3) is 0.556. The number of nitrogens with one attached hydrogen (secondary N) is 1. The van der Waals surface area contributed by atoms with Crippen molar-refractivity contribution in [2.24, 2.45) is 5.92 Å². The van der Waals surface area contributed by atoms with Crippen molar-refractivity contribution in [1.82, 2.24) is 4.90 Å². The summed E-state index contributed by atoms with van der Waals surface area (Å²) < 4.78 is 5.41. The molecule has 0 aliphatic rings. The average Bonchev–Trinajstić information content (AvgIpc) is 2.54. The van der Waals surface area contributed by atoms with E-state index in [2.05, 4.69) is 12.2 Å². The molecule has 0 aliphatic heterocycles. The molecule has 0 spiro atoms. The number of nitrogens with zero attached hydrogens (tertiary/aromatic N) is 1. The van der Waals surface area contributed by atoms with E-state index in [4.69, 9.17) is 4.74 Å². The lowest BCUT2D eigenvalue weighted by Gasteiger charge is -2.15. The van der Waals surface area contributed by atoms with E-state index >= 15 is 0 Å². The fourth-order valence-corrected chi connectivity index (χ4v) is 2.12. The van der Waals surface area contributed by atoms with E-state index in [9.17, 15) is 9.59 Å². The van der Waals surface area contributed by atoms with Crippen LogP contribution >= 0.6 is 0 Å². The van der Waals surface area contributed by atoms with Gasteiger partial charge in [0.2, 0.25) is 5.91 Å². The summed E-state index contributed by atoms with van der Waals surface area (Å²) in [5.41, 5.74) is 0.747. The molecule has 0 bridgehead atoms. The summed E-state index contributed by atoms with van der Waals surface area (Å²) in [6.07, 6.45) is 3.94. The first-order chi connectivity index (χ1) is 11.0. The second-order valence-corrected chi connectivity index (χ2v) is 5.84. The number of anilines is 1. The van der Waals surface area contributed by atoms with Crippen molar-refractivity contribution in [3.05, 3.63) is 24.3 Å². The standard InChI is InChI=1S/C18H28N2O3/c1-5-7-8-14(6-2)18(22)19-15-9-11-16(12-10-15)23-13-17(21)20(3)4/h9-12,14H,5-8,13H2,1-4H3,(H,19,22). The number of unbranched alkanes of at least 4 members (excludes halogenated alkanes) is 1. The molecule has 5 nitrogen and oxygen atoms in total. The Bertz CT molecular complexity index is 497. The molecule has 23 heavy (non-hydrogen) atoms. The lowest BCUT2D eigenvalue weighted by Crippen LogP contribution is -2.27. The molecule has 5 heteroatoms. The Morgan fingerprint density at radius 3 is 2.35 bits per heavy atom. The highest BCUT2D eigenvalue weighted by molar-refractivity contribution is 5.92. The quantitative estimate of drug-likeness (QED) is 0.759. The summed E-state index contributed by atoms with van der Waals surface area (Å²) >= 11 is 0. The Balaban J connectivity index is 2.52. The van der Waals surface area contributed by atoms with Crippen molar-refractivity contribution in [3.63, 3.8) is 0 Å². The molecule has 0 fully saturated rings. The molecule has 0 saturated heterocycles. The van der Waals surface area contributed by atoms with Crippen LogP contribution in [0, 0.1) is 5.92 Å². The van der Waals surface area contributed by atoms with Gasteiger partial charge in [-0.15, -0.1) is 0 Å². The third-order valence-electron chi connectivity index (χ3n) is 3.75. The molecule has 0 radical (unpaired) electrons. The Kier molecular flexibility index (Phi) is 8.16. The van der Waals surface area contributed by atoms with Gasteiger partial charge >= 0.3 is 0 Å². The van der Waals surface area contributed by atoms with Gasteiger partial charge in [0.1, 0.15) is 5.75 Å². The van der Waals surface area contributed by atoms with Gasteiger partial charge in [-0.1, -0.05) is 26.7 Å². The van der Waals surface area contributed by atoms with Gasteiger partial charge in [0.15, 0.2) is 6.61 Å². The molecule has 128 valence electrons. The first-order valence-electron chi connectivity index (χ1n) is 8.21. The number of benzene rings is 1. The van der Waals surface area contributed by atoms with Crippen molar-refractivity contribution in [2.75, 3.05) is 26.0 Å². The molecule has 0 aromatic heterocycles. The van der Waals surface area contributed by atoms with E-state index in [-0.39, 0.29) is 24.3 Å². The normalized spacial score (nSPS) is 11.7. The van der Waals surface area contributed by atoms with Gasteiger partial charge in [0.25, 0.3) is 5.91 Å². The number of ether oxygens (including phenoxy) is 1. The smallest absolute Gasteiger partial charge is 0.259 e. The maximum absolute atomic E-state index is 12.2. The zero-order valence-electron chi connectivity index (χ0n) is 14.6. The zero-order valence-corrected chi connectivity index (χ0v) is 14.6. The molecule has 1 atom stereocenters. The number of amides is 2. The third-order valence-corrected chi connectivity index (χ3v) is 3.75. The molecular formula is C18H28N2O3. The summed E-state index contributed by atoms with van der Waals surface area (Å²) in [7, 11) is 3.38. The van der Waals surface area contributed by atoms with Crippen LogP contribution in [0.15, 0.2) is 24.3 Å². The van der Waals surface area contributed by atoms with Gasteiger partial charge in [-0.3, -0.25) is 9.59 Å². The molecule has 1 aromatic carbocycles. The summed E-state index contributed by atoms with van der Waals surface area (Å²) in [6.45, 7) is 4.18. The van der Waals surface area contributed by atoms with Crippen LogP contribution in [0.2, 0.25) is 0 Å². The topological polar surface area (TPSA) is 58.6 Å². The van der Waals surface area contributed by atoms with Crippen LogP contribution < -0.4 is 10.1 Å². The van der Waals surface area contributed by atoms with Crippen molar-refractivity contribution in [3.8, 4) is 5.75 Å². The molecule has 0 heterocycles. The van der Waals surface area contributed by atoms with Crippen LogP contribution in [-0.4, -0.2) is 37.4 Å². The average molecular weight is 320 g/mol. The Morgan fingerprint density at radius 2 is 1.83 bits per heavy atom. The predicted molar refractivity (Wildman–Crippen MR) is 92.6 cm³/mol. The van der Waals surface area contributed by atoms with Gasteiger partial charge in [0, 0.05) is 25.7 Å². The van der Waals surface area contributed by atoms with E-state index in [1.54, 1.807) is 38.4 Å². The molecule has 2 amide bonds. The first-order valence-corrected chi connectivity index (χ1v) is 8.21. The third kappa shape index (κ3) is 6.72. The first kappa shape index (κ1) is 19.0. The Hall–Kier alpha value is -2.04. The fourth-order valence-electron chi connectivity index (χ4n) is 2.12. The maximum atomic E-state index is 12.2. The summed E-state index contributed by atoms with van der Waals surface area (Å²) in [6, 6.07) is 7.09. The van der Waals surface area contributed by atoms with Crippen LogP contribution in [0.1, 0.15) is 39.5 Å². The lowest BCUT2D eigenvalue weighted by molar-refractivity contribution is -0.130. The summed E-state index contributed by atoms with van der Waals surface area (Å²) in [5, 5.41) is 2.94. The van der Waals surface area contributed by atoms with Crippen LogP contribution in [0.25, 0.3) is 0 Å². The number of carbonyl (C=O) groups excluding carboxylic acids is 2. The zero-order chi connectivity index (χ0) is 17.2. The molecular weight excluding hydrogens is 292 g/mol. The van der Waals surface area contributed by atoms with Gasteiger partial charge in [-0.25, -0.2) is 0 Å². The van der Waals surface area contributed by atoms with Crippen LogP contribution in [0.4, 0.5) is 5.69 Å². The van der Waals surface area contributed by atoms with Gasteiger partial charge in [-0.05, 0) is 37.1 Å². The van der Waals surface area contributed by atoms with E-state index < -0.39 is 0 Å². The summed E-state index contributed by atoms with van der Waals surface area (Å²) in [4.78, 5) is 25.2.